The van der Waals surface area contributed by atoms with E-state index >= 15 is 0 Å². The molecule has 4 rings (SSSR count). The van der Waals surface area contributed by atoms with Crippen molar-refractivity contribution in [3.05, 3.63) is 89.5 Å². The van der Waals surface area contributed by atoms with Crippen LogP contribution in [-0.4, -0.2) is 67.2 Å². The number of aliphatic hydroxyl groups excluding tert-OH is 1. The molecule has 0 bridgehead atoms. The van der Waals surface area contributed by atoms with Gasteiger partial charge in [0.05, 0.1) is 33.0 Å². The van der Waals surface area contributed by atoms with Gasteiger partial charge in [-0.3, -0.25) is 0 Å². The molecule has 8 nitrogen and oxygen atoms in total. The van der Waals surface area contributed by atoms with Crippen LogP contribution in [0.2, 0.25) is 0 Å². The summed E-state index contributed by atoms with van der Waals surface area (Å²) < 4.78 is 22.3. The number of aliphatic hydroxyl groups is 1. The van der Waals surface area contributed by atoms with E-state index in [0.717, 1.165) is 35.1 Å². The third kappa shape index (κ3) is 8.81. The number of esters is 1. The van der Waals surface area contributed by atoms with Gasteiger partial charge >= 0.3 is 12.1 Å². The molecule has 1 heterocycles. The first-order chi connectivity index (χ1) is 20.1. The molecule has 0 unspecified atom stereocenters. The SMILES string of the molecule is COC(=O)c1ccc(-c2ccc(CCN(C[C@H](O)c3ccccc3)C(=O)OC(C)(C)C)cc2)cc1OC1CCOCC1. The number of carbonyl (C=O) groups excluding carboxylic acids is 2. The highest BCUT2D eigenvalue weighted by atomic mass is 16.6. The van der Waals surface area contributed by atoms with Gasteiger partial charge in [0.15, 0.2) is 0 Å². The number of hydrogen-bond donors (Lipinski definition) is 1. The molecule has 0 saturated carbocycles. The van der Waals surface area contributed by atoms with Gasteiger partial charge in [-0.2, -0.15) is 0 Å². The molecule has 3 aromatic rings. The van der Waals surface area contributed by atoms with Crippen LogP contribution in [0, 0.1) is 0 Å². The van der Waals surface area contributed by atoms with Gasteiger partial charge in [0.1, 0.15) is 23.0 Å². The van der Waals surface area contributed by atoms with Crippen molar-refractivity contribution in [2.24, 2.45) is 0 Å². The molecule has 0 aromatic heterocycles. The molecule has 42 heavy (non-hydrogen) atoms. The molecule has 1 amide bonds. The molecule has 1 fully saturated rings. The number of ether oxygens (including phenoxy) is 4. The van der Waals surface area contributed by atoms with E-state index in [2.05, 4.69) is 0 Å². The van der Waals surface area contributed by atoms with Crippen LogP contribution in [0.3, 0.4) is 0 Å². The van der Waals surface area contributed by atoms with Crippen LogP contribution in [0.1, 0.15) is 61.2 Å². The minimum absolute atomic E-state index is 0.0203. The van der Waals surface area contributed by atoms with E-state index in [9.17, 15) is 14.7 Å². The van der Waals surface area contributed by atoms with Crippen LogP contribution in [0.4, 0.5) is 4.79 Å². The predicted molar refractivity (Wildman–Crippen MR) is 161 cm³/mol. The van der Waals surface area contributed by atoms with Crippen molar-refractivity contribution in [1.29, 1.82) is 0 Å². The zero-order valence-electron chi connectivity index (χ0n) is 24.9. The number of benzene rings is 3. The Kier molecular flexibility index (Phi) is 10.6. The van der Waals surface area contributed by atoms with E-state index in [-0.39, 0.29) is 12.6 Å². The van der Waals surface area contributed by atoms with Crippen molar-refractivity contribution in [1.82, 2.24) is 4.90 Å². The van der Waals surface area contributed by atoms with E-state index in [1.165, 1.54) is 7.11 Å². The topological polar surface area (TPSA) is 94.5 Å². The highest BCUT2D eigenvalue weighted by molar-refractivity contribution is 5.93. The molecule has 0 aliphatic carbocycles. The Balaban J connectivity index is 1.47. The maximum absolute atomic E-state index is 13.0. The molecule has 1 aliphatic heterocycles. The lowest BCUT2D eigenvalue weighted by Gasteiger charge is -2.29. The monoisotopic (exact) mass is 575 g/mol. The average molecular weight is 576 g/mol. The summed E-state index contributed by atoms with van der Waals surface area (Å²) in [5.41, 5.74) is 3.41. The van der Waals surface area contributed by atoms with Crippen LogP contribution < -0.4 is 4.74 Å². The van der Waals surface area contributed by atoms with Crippen LogP contribution >= 0.6 is 0 Å². The summed E-state index contributed by atoms with van der Waals surface area (Å²) in [5.74, 6) is 0.0613. The van der Waals surface area contributed by atoms with Gasteiger partial charge in [-0.25, -0.2) is 9.59 Å². The fourth-order valence-electron chi connectivity index (χ4n) is 4.75. The van der Waals surface area contributed by atoms with E-state index < -0.39 is 23.8 Å². The molecule has 1 atom stereocenters. The largest absolute Gasteiger partial charge is 0.489 e. The van der Waals surface area contributed by atoms with Crippen molar-refractivity contribution < 1.29 is 33.6 Å². The maximum atomic E-state index is 13.0. The van der Waals surface area contributed by atoms with Crippen molar-refractivity contribution in [3.63, 3.8) is 0 Å². The van der Waals surface area contributed by atoms with Crippen molar-refractivity contribution in [2.45, 2.75) is 57.8 Å². The normalized spacial score (nSPS) is 14.6. The summed E-state index contributed by atoms with van der Waals surface area (Å²) in [6.07, 6.45) is 0.807. The highest BCUT2D eigenvalue weighted by Crippen LogP contribution is 2.30. The lowest BCUT2D eigenvalue weighted by atomic mass is 10.0. The smallest absolute Gasteiger partial charge is 0.410 e. The third-order valence-electron chi connectivity index (χ3n) is 7.04. The lowest BCUT2D eigenvalue weighted by Crippen LogP contribution is -2.40. The van der Waals surface area contributed by atoms with Gasteiger partial charge < -0.3 is 29.0 Å². The second kappa shape index (κ2) is 14.3. The molecule has 3 aromatic carbocycles. The van der Waals surface area contributed by atoms with Gasteiger partial charge in [-0.1, -0.05) is 60.7 Å². The number of amides is 1. The lowest BCUT2D eigenvalue weighted by molar-refractivity contribution is 0.0146. The van der Waals surface area contributed by atoms with Crippen LogP contribution in [0.15, 0.2) is 72.8 Å². The quantitative estimate of drug-likeness (QED) is 0.287. The zero-order chi connectivity index (χ0) is 30.1. The van der Waals surface area contributed by atoms with Crippen molar-refractivity contribution in [2.75, 3.05) is 33.4 Å². The van der Waals surface area contributed by atoms with E-state index in [1.54, 1.807) is 11.0 Å². The number of methoxy groups -OCH3 is 1. The fraction of sp³-hybridized carbons (Fsp3) is 0.412. The van der Waals surface area contributed by atoms with Crippen LogP contribution in [0.5, 0.6) is 5.75 Å². The summed E-state index contributed by atoms with van der Waals surface area (Å²) in [7, 11) is 1.36. The van der Waals surface area contributed by atoms with E-state index in [0.29, 0.717) is 37.5 Å². The highest BCUT2D eigenvalue weighted by Gasteiger charge is 2.25. The minimum atomic E-state index is -0.827. The van der Waals surface area contributed by atoms with Crippen LogP contribution in [0.25, 0.3) is 11.1 Å². The number of hydrogen-bond acceptors (Lipinski definition) is 7. The number of rotatable bonds is 10. The van der Waals surface area contributed by atoms with Gasteiger partial charge in [0.2, 0.25) is 0 Å². The van der Waals surface area contributed by atoms with Gasteiger partial charge in [0.25, 0.3) is 0 Å². The Morgan fingerprint density at radius 1 is 0.976 bits per heavy atom. The molecular formula is C34H41NO7. The zero-order valence-corrected chi connectivity index (χ0v) is 24.9. The Labute approximate surface area is 248 Å². The standard InChI is InChI=1S/C34H41NO7/c1-34(2,3)42-33(38)35(23-30(36)26-8-6-5-7-9-26)19-16-24-10-12-25(13-11-24)27-14-15-29(32(37)39-4)31(22-27)41-28-17-20-40-21-18-28/h5-15,22,28,30,36H,16-21,23H2,1-4H3/t30-/m0/s1. The number of carbonyl (C=O) groups is 2. The summed E-state index contributed by atoms with van der Waals surface area (Å²) in [6, 6.07) is 22.9. The molecule has 8 heteroatoms. The summed E-state index contributed by atoms with van der Waals surface area (Å²) in [5, 5.41) is 10.8. The minimum Gasteiger partial charge on any atom is -0.489 e. The first-order valence-electron chi connectivity index (χ1n) is 14.4. The van der Waals surface area contributed by atoms with Gasteiger partial charge in [0, 0.05) is 19.4 Å². The first-order valence-corrected chi connectivity index (χ1v) is 14.4. The number of nitrogens with zero attached hydrogens (tertiary/aromatic N) is 1. The summed E-state index contributed by atoms with van der Waals surface area (Å²) in [6.45, 7) is 7.26. The Morgan fingerprint density at radius 2 is 1.64 bits per heavy atom. The second-order valence-corrected chi connectivity index (χ2v) is 11.4. The molecule has 1 N–H and O–H groups in total. The Hall–Kier alpha value is -3.88. The molecular weight excluding hydrogens is 534 g/mol. The van der Waals surface area contributed by atoms with Crippen molar-refractivity contribution >= 4 is 12.1 Å². The van der Waals surface area contributed by atoms with E-state index in [4.69, 9.17) is 18.9 Å². The first kappa shape index (κ1) is 31.1. The Morgan fingerprint density at radius 3 is 2.29 bits per heavy atom. The molecule has 1 saturated heterocycles. The maximum Gasteiger partial charge on any atom is 0.410 e. The Bertz CT molecular complexity index is 1310. The van der Waals surface area contributed by atoms with Gasteiger partial charge in [-0.05, 0) is 61.6 Å². The average Bonchev–Trinajstić information content (AvgIpc) is 2.99. The van der Waals surface area contributed by atoms with E-state index in [1.807, 2.05) is 87.5 Å². The second-order valence-electron chi connectivity index (χ2n) is 11.4. The van der Waals surface area contributed by atoms with Gasteiger partial charge in [-0.15, -0.1) is 0 Å². The molecule has 0 radical (unpaired) electrons. The fourth-order valence-corrected chi connectivity index (χ4v) is 4.75. The summed E-state index contributed by atoms with van der Waals surface area (Å²) in [4.78, 5) is 26.9. The third-order valence-corrected chi connectivity index (χ3v) is 7.04. The molecule has 1 aliphatic rings. The summed E-state index contributed by atoms with van der Waals surface area (Å²) >= 11 is 0. The molecule has 224 valence electrons. The molecule has 0 spiro atoms. The van der Waals surface area contributed by atoms with Crippen LogP contribution in [-0.2, 0) is 20.6 Å². The predicted octanol–water partition coefficient (Wildman–Crippen LogP) is 6.21. The van der Waals surface area contributed by atoms with Crippen molar-refractivity contribution in [3.8, 4) is 16.9 Å².